The summed E-state index contributed by atoms with van der Waals surface area (Å²) in [5.41, 5.74) is 5.08. The second kappa shape index (κ2) is 5.85. The number of hydrogen-bond donors (Lipinski definition) is 2. The third-order valence-corrected chi connectivity index (χ3v) is 1.83. The van der Waals surface area contributed by atoms with Crippen LogP contribution < -0.4 is 10.9 Å². The summed E-state index contributed by atoms with van der Waals surface area (Å²) in [5, 5.41) is 0. The van der Waals surface area contributed by atoms with Crippen molar-refractivity contribution in [1.82, 2.24) is 15.8 Å². The Balaban J connectivity index is 2.39. The van der Waals surface area contributed by atoms with Crippen LogP contribution in [0.5, 0.6) is 0 Å². The molecular formula is C11H15N3O2. The van der Waals surface area contributed by atoms with Crippen molar-refractivity contribution >= 4 is 11.8 Å². The topological polar surface area (TPSA) is 71.1 Å². The average molecular weight is 221 g/mol. The minimum Gasteiger partial charge on any atom is -0.273 e. The second-order valence-electron chi connectivity index (χ2n) is 3.84. The van der Waals surface area contributed by atoms with E-state index in [-0.39, 0.29) is 17.7 Å². The lowest BCUT2D eigenvalue weighted by Crippen LogP contribution is -2.42. The predicted molar refractivity (Wildman–Crippen MR) is 59.3 cm³/mol. The highest BCUT2D eigenvalue weighted by atomic mass is 16.2. The molecule has 1 aromatic heterocycles. The summed E-state index contributed by atoms with van der Waals surface area (Å²) in [6.07, 6.45) is 3.39. The summed E-state index contributed by atoms with van der Waals surface area (Å²) >= 11 is 0. The molecule has 0 fully saturated rings. The van der Waals surface area contributed by atoms with E-state index >= 15 is 0 Å². The lowest BCUT2D eigenvalue weighted by Gasteiger charge is -2.08. The average Bonchev–Trinajstić information content (AvgIpc) is 2.26. The van der Waals surface area contributed by atoms with E-state index in [1.165, 1.54) is 6.20 Å². The van der Waals surface area contributed by atoms with E-state index in [4.69, 9.17) is 0 Å². The Kier molecular flexibility index (Phi) is 4.44. The zero-order chi connectivity index (χ0) is 12.0. The quantitative estimate of drug-likeness (QED) is 0.744. The standard InChI is InChI=1S/C11H15N3O2/c1-8(2)6-10(15)13-14-11(16)9-4-3-5-12-7-9/h3-5,7-8H,6H2,1-2H3,(H,13,15)(H,14,16). The van der Waals surface area contributed by atoms with Crippen molar-refractivity contribution in [2.75, 3.05) is 0 Å². The van der Waals surface area contributed by atoms with Gasteiger partial charge in [0.2, 0.25) is 5.91 Å². The van der Waals surface area contributed by atoms with E-state index in [1.807, 2.05) is 13.8 Å². The van der Waals surface area contributed by atoms with E-state index in [1.54, 1.807) is 18.3 Å². The molecule has 5 nitrogen and oxygen atoms in total. The van der Waals surface area contributed by atoms with Crippen LogP contribution in [0.15, 0.2) is 24.5 Å². The highest BCUT2D eigenvalue weighted by Crippen LogP contribution is 1.98. The van der Waals surface area contributed by atoms with Crippen LogP contribution in [0.2, 0.25) is 0 Å². The molecule has 86 valence electrons. The van der Waals surface area contributed by atoms with Gasteiger partial charge in [-0.05, 0) is 18.1 Å². The smallest absolute Gasteiger partial charge is 0.271 e. The summed E-state index contributed by atoms with van der Waals surface area (Å²) in [6, 6.07) is 3.28. The van der Waals surface area contributed by atoms with Gasteiger partial charge in [0.1, 0.15) is 0 Å². The minimum atomic E-state index is -0.370. The van der Waals surface area contributed by atoms with E-state index in [0.717, 1.165) is 0 Å². The summed E-state index contributed by atoms with van der Waals surface area (Å²) in [7, 11) is 0. The fourth-order valence-electron chi connectivity index (χ4n) is 1.12. The lowest BCUT2D eigenvalue weighted by molar-refractivity contribution is -0.122. The number of nitrogens with one attached hydrogen (secondary N) is 2. The molecule has 5 heteroatoms. The highest BCUT2D eigenvalue weighted by Gasteiger charge is 2.07. The van der Waals surface area contributed by atoms with Gasteiger partial charge in [-0.3, -0.25) is 25.4 Å². The zero-order valence-electron chi connectivity index (χ0n) is 9.36. The van der Waals surface area contributed by atoms with Gasteiger partial charge < -0.3 is 0 Å². The first kappa shape index (κ1) is 12.2. The molecule has 0 saturated carbocycles. The maximum Gasteiger partial charge on any atom is 0.271 e. The van der Waals surface area contributed by atoms with Gasteiger partial charge >= 0.3 is 0 Å². The molecule has 16 heavy (non-hydrogen) atoms. The van der Waals surface area contributed by atoms with Gasteiger partial charge in [0.15, 0.2) is 0 Å². The number of nitrogens with zero attached hydrogens (tertiary/aromatic N) is 1. The minimum absolute atomic E-state index is 0.202. The van der Waals surface area contributed by atoms with Crippen LogP contribution in [-0.4, -0.2) is 16.8 Å². The van der Waals surface area contributed by atoms with Crippen molar-refractivity contribution in [3.05, 3.63) is 30.1 Å². The van der Waals surface area contributed by atoms with E-state index in [9.17, 15) is 9.59 Å². The molecule has 0 unspecified atom stereocenters. The number of carbonyl (C=O) groups excluding carboxylic acids is 2. The van der Waals surface area contributed by atoms with Crippen LogP contribution in [0.4, 0.5) is 0 Å². The molecule has 0 spiro atoms. The third kappa shape index (κ3) is 4.08. The first-order chi connectivity index (χ1) is 7.59. The van der Waals surface area contributed by atoms with Crippen molar-refractivity contribution in [1.29, 1.82) is 0 Å². The lowest BCUT2D eigenvalue weighted by atomic mass is 10.1. The molecule has 0 atom stereocenters. The Labute approximate surface area is 94.2 Å². The van der Waals surface area contributed by atoms with Gasteiger partial charge in [0, 0.05) is 18.8 Å². The predicted octanol–water partition coefficient (Wildman–Crippen LogP) is 0.889. The molecule has 0 aliphatic heterocycles. The fourth-order valence-corrected chi connectivity index (χ4v) is 1.12. The number of hydrogen-bond acceptors (Lipinski definition) is 3. The van der Waals surface area contributed by atoms with Crippen LogP contribution >= 0.6 is 0 Å². The summed E-state index contributed by atoms with van der Waals surface area (Å²) < 4.78 is 0. The van der Waals surface area contributed by atoms with Crippen molar-refractivity contribution < 1.29 is 9.59 Å². The molecule has 0 radical (unpaired) electrons. The van der Waals surface area contributed by atoms with Gasteiger partial charge in [-0.2, -0.15) is 0 Å². The van der Waals surface area contributed by atoms with Gasteiger partial charge in [0.05, 0.1) is 5.56 Å². The van der Waals surface area contributed by atoms with Crippen molar-refractivity contribution in [3.8, 4) is 0 Å². The van der Waals surface area contributed by atoms with Gasteiger partial charge in [-0.25, -0.2) is 0 Å². The number of rotatable bonds is 3. The molecule has 0 saturated heterocycles. The Morgan fingerprint density at radius 1 is 1.38 bits per heavy atom. The molecule has 1 aromatic rings. The largest absolute Gasteiger partial charge is 0.273 e. The summed E-state index contributed by atoms with van der Waals surface area (Å²) in [4.78, 5) is 26.5. The van der Waals surface area contributed by atoms with Gasteiger partial charge in [-0.1, -0.05) is 13.8 Å². The van der Waals surface area contributed by atoms with Crippen LogP contribution in [0.3, 0.4) is 0 Å². The van der Waals surface area contributed by atoms with Gasteiger partial charge in [-0.15, -0.1) is 0 Å². The fraction of sp³-hybridized carbons (Fsp3) is 0.364. The van der Waals surface area contributed by atoms with Crippen LogP contribution in [-0.2, 0) is 4.79 Å². The molecule has 1 rings (SSSR count). The zero-order valence-corrected chi connectivity index (χ0v) is 9.36. The van der Waals surface area contributed by atoms with Crippen LogP contribution in [0, 0.1) is 5.92 Å². The monoisotopic (exact) mass is 221 g/mol. The molecule has 0 aliphatic rings. The number of amides is 2. The van der Waals surface area contributed by atoms with E-state index in [2.05, 4.69) is 15.8 Å². The first-order valence-electron chi connectivity index (χ1n) is 5.09. The van der Waals surface area contributed by atoms with E-state index < -0.39 is 0 Å². The number of aromatic nitrogens is 1. The van der Waals surface area contributed by atoms with Crippen molar-refractivity contribution in [3.63, 3.8) is 0 Å². The molecule has 0 aliphatic carbocycles. The second-order valence-corrected chi connectivity index (χ2v) is 3.84. The Hall–Kier alpha value is -1.91. The van der Waals surface area contributed by atoms with Crippen LogP contribution in [0.25, 0.3) is 0 Å². The normalized spacial score (nSPS) is 9.94. The summed E-state index contributed by atoms with van der Waals surface area (Å²) in [5.74, 6) is -0.312. The maximum atomic E-state index is 11.5. The third-order valence-electron chi connectivity index (χ3n) is 1.83. The van der Waals surface area contributed by atoms with E-state index in [0.29, 0.717) is 12.0 Å². The molecule has 1 heterocycles. The van der Waals surface area contributed by atoms with Gasteiger partial charge in [0.25, 0.3) is 5.91 Å². The molecule has 2 N–H and O–H groups in total. The number of hydrazine groups is 1. The molecule has 0 aromatic carbocycles. The highest BCUT2D eigenvalue weighted by molar-refractivity contribution is 5.94. The van der Waals surface area contributed by atoms with Crippen molar-refractivity contribution in [2.24, 2.45) is 5.92 Å². The SMILES string of the molecule is CC(C)CC(=O)NNC(=O)c1cccnc1. The van der Waals surface area contributed by atoms with Crippen LogP contribution in [0.1, 0.15) is 30.6 Å². The van der Waals surface area contributed by atoms with Crippen molar-refractivity contribution in [2.45, 2.75) is 20.3 Å². The Morgan fingerprint density at radius 3 is 2.69 bits per heavy atom. The molecule has 2 amide bonds. The first-order valence-corrected chi connectivity index (χ1v) is 5.09. The number of pyridine rings is 1. The Bertz CT molecular complexity index is 363. The molecular weight excluding hydrogens is 206 g/mol. The maximum absolute atomic E-state index is 11.5. The Morgan fingerprint density at radius 2 is 2.12 bits per heavy atom. The number of carbonyl (C=O) groups is 2. The molecule has 0 bridgehead atoms. The summed E-state index contributed by atoms with van der Waals surface area (Å²) in [6.45, 7) is 3.87.